The predicted octanol–water partition coefficient (Wildman–Crippen LogP) is 3.32. The van der Waals surface area contributed by atoms with Crippen LogP contribution in [0.1, 0.15) is 35.8 Å². The third kappa shape index (κ3) is 4.59. The zero-order valence-electron chi connectivity index (χ0n) is 14.4. The number of hydrogen-bond donors (Lipinski definition) is 2. The van der Waals surface area contributed by atoms with E-state index in [2.05, 4.69) is 15.7 Å². The number of halogens is 5. The molecule has 1 fully saturated rings. The molecule has 2 N–H and O–H groups in total. The van der Waals surface area contributed by atoms with Gasteiger partial charge in [-0.2, -0.15) is 18.3 Å². The normalized spacial score (nSPS) is 20.0. The van der Waals surface area contributed by atoms with Crippen molar-refractivity contribution in [3.63, 3.8) is 0 Å². The van der Waals surface area contributed by atoms with Gasteiger partial charge in [-0.25, -0.2) is 9.07 Å². The Labute approximate surface area is 159 Å². The van der Waals surface area contributed by atoms with E-state index in [4.69, 9.17) is 0 Å². The zero-order chi connectivity index (χ0) is 18.9. The van der Waals surface area contributed by atoms with Crippen molar-refractivity contribution in [2.45, 2.75) is 38.0 Å². The lowest BCUT2D eigenvalue weighted by molar-refractivity contribution is -0.143. The molecule has 2 heterocycles. The summed E-state index contributed by atoms with van der Waals surface area (Å²) >= 11 is 0. The first-order valence-electron chi connectivity index (χ1n) is 8.21. The lowest BCUT2D eigenvalue weighted by atomic mass is 10.0. The van der Waals surface area contributed by atoms with E-state index in [1.54, 1.807) is 0 Å². The van der Waals surface area contributed by atoms with E-state index in [-0.39, 0.29) is 30.2 Å². The zero-order valence-corrected chi connectivity index (χ0v) is 15.2. The summed E-state index contributed by atoms with van der Waals surface area (Å²) in [6.07, 6.45) is -2.80. The largest absolute Gasteiger partial charge is 0.434 e. The number of amides is 1. The van der Waals surface area contributed by atoms with Gasteiger partial charge in [0.15, 0.2) is 5.69 Å². The average molecular weight is 407 g/mol. The molecule has 3 rings (SSSR count). The number of alkyl halides is 3. The van der Waals surface area contributed by atoms with Crippen LogP contribution in [-0.4, -0.2) is 34.3 Å². The molecular weight excluding hydrogens is 388 g/mol. The van der Waals surface area contributed by atoms with Crippen LogP contribution < -0.4 is 10.6 Å². The number of nitrogens with zero attached hydrogens (tertiary/aromatic N) is 2. The molecule has 0 aliphatic carbocycles. The summed E-state index contributed by atoms with van der Waals surface area (Å²) in [5.41, 5.74) is -2.27. The summed E-state index contributed by atoms with van der Waals surface area (Å²) in [4.78, 5) is 12.4. The Morgan fingerprint density at radius 2 is 2.04 bits per heavy atom. The third-order valence-corrected chi connectivity index (χ3v) is 4.32. The van der Waals surface area contributed by atoms with Crippen LogP contribution in [-0.2, 0) is 6.18 Å². The van der Waals surface area contributed by atoms with Crippen molar-refractivity contribution < 1.29 is 22.4 Å². The minimum absolute atomic E-state index is 0. The molecule has 0 spiro atoms. The highest BCUT2D eigenvalue weighted by Gasteiger charge is 2.41. The summed E-state index contributed by atoms with van der Waals surface area (Å²) in [5.74, 6) is -1.72. The molecule has 2 unspecified atom stereocenters. The molecule has 2 aromatic rings. The highest BCUT2D eigenvalue weighted by Crippen LogP contribution is 2.34. The number of nitrogens with one attached hydrogen (secondary N) is 2. The SMILES string of the molecule is CC1CC(NC(=O)c2cnn(-c3ccccc3F)c2C(F)(F)F)CCN1.Cl. The number of rotatable bonds is 3. The van der Waals surface area contributed by atoms with Gasteiger partial charge in [0.2, 0.25) is 0 Å². The molecule has 1 saturated heterocycles. The topological polar surface area (TPSA) is 59.0 Å². The van der Waals surface area contributed by atoms with Crippen molar-refractivity contribution in [3.05, 3.63) is 47.5 Å². The number of carbonyl (C=O) groups is 1. The Morgan fingerprint density at radius 1 is 1.33 bits per heavy atom. The lowest BCUT2D eigenvalue weighted by Crippen LogP contribution is -2.46. The molecule has 148 valence electrons. The van der Waals surface area contributed by atoms with Crippen LogP contribution in [0.15, 0.2) is 30.5 Å². The first-order valence-corrected chi connectivity index (χ1v) is 8.21. The molecule has 0 saturated carbocycles. The summed E-state index contributed by atoms with van der Waals surface area (Å²) in [5, 5.41) is 9.46. The summed E-state index contributed by atoms with van der Waals surface area (Å²) < 4.78 is 55.1. The van der Waals surface area contributed by atoms with Gasteiger partial charge in [-0.05, 0) is 38.4 Å². The fourth-order valence-corrected chi connectivity index (χ4v) is 3.12. The molecule has 5 nitrogen and oxygen atoms in total. The molecular formula is C17H19ClF4N4O. The van der Waals surface area contributed by atoms with Crippen molar-refractivity contribution in [1.82, 2.24) is 20.4 Å². The number of piperidine rings is 1. The van der Waals surface area contributed by atoms with Crippen molar-refractivity contribution in [3.8, 4) is 5.69 Å². The molecule has 0 radical (unpaired) electrons. The smallest absolute Gasteiger partial charge is 0.349 e. The summed E-state index contributed by atoms with van der Waals surface area (Å²) in [7, 11) is 0. The van der Waals surface area contributed by atoms with Crippen LogP contribution in [0.3, 0.4) is 0 Å². The molecule has 0 bridgehead atoms. The third-order valence-electron chi connectivity index (χ3n) is 4.32. The fourth-order valence-electron chi connectivity index (χ4n) is 3.12. The summed E-state index contributed by atoms with van der Waals surface area (Å²) in [6.45, 7) is 2.61. The Kier molecular flexibility index (Phi) is 6.48. The van der Waals surface area contributed by atoms with Crippen LogP contribution in [0, 0.1) is 5.82 Å². The lowest BCUT2D eigenvalue weighted by Gasteiger charge is -2.28. The minimum atomic E-state index is -4.87. The van der Waals surface area contributed by atoms with E-state index in [1.165, 1.54) is 18.2 Å². The van der Waals surface area contributed by atoms with Gasteiger partial charge in [0.05, 0.1) is 11.8 Å². The van der Waals surface area contributed by atoms with E-state index in [0.717, 1.165) is 12.3 Å². The molecule has 1 aliphatic rings. The van der Waals surface area contributed by atoms with Gasteiger partial charge in [0, 0.05) is 12.1 Å². The van der Waals surface area contributed by atoms with Gasteiger partial charge in [0.25, 0.3) is 5.91 Å². The van der Waals surface area contributed by atoms with Crippen LogP contribution in [0.4, 0.5) is 17.6 Å². The van der Waals surface area contributed by atoms with Crippen LogP contribution in [0.2, 0.25) is 0 Å². The van der Waals surface area contributed by atoms with Gasteiger partial charge in [-0.3, -0.25) is 4.79 Å². The predicted molar refractivity (Wildman–Crippen MR) is 93.7 cm³/mol. The second-order valence-corrected chi connectivity index (χ2v) is 6.32. The molecule has 2 atom stereocenters. The van der Waals surface area contributed by atoms with Crippen LogP contribution in [0.5, 0.6) is 0 Å². The van der Waals surface area contributed by atoms with Crippen molar-refractivity contribution >= 4 is 18.3 Å². The second-order valence-electron chi connectivity index (χ2n) is 6.32. The van der Waals surface area contributed by atoms with E-state index < -0.39 is 29.2 Å². The first kappa shape index (κ1) is 21.2. The maximum absolute atomic E-state index is 13.9. The van der Waals surface area contributed by atoms with Gasteiger partial charge >= 0.3 is 6.18 Å². The first-order chi connectivity index (χ1) is 12.3. The second kappa shape index (κ2) is 8.26. The van der Waals surface area contributed by atoms with Crippen LogP contribution >= 0.6 is 12.4 Å². The van der Waals surface area contributed by atoms with Crippen molar-refractivity contribution in [1.29, 1.82) is 0 Å². The molecule has 1 aromatic carbocycles. The van der Waals surface area contributed by atoms with E-state index in [9.17, 15) is 22.4 Å². The van der Waals surface area contributed by atoms with Crippen LogP contribution in [0.25, 0.3) is 5.69 Å². The monoisotopic (exact) mass is 406 g/mol. The minimum Gasteiger partial charge on any atom is -0.349 e. The molecule has 1 aromatic heterocycles. The quantitative estimate of drug-likeness (QED) is 0.769. The maximum atomic E-state index is 13.9. The summed E-state index contributed by atoms with van der Waals surface area (Å²) in [6, 6.07) is 4.91. The van der Waals surface area contributed by atoms with Gasteiger partial charge < -0.3 is 10.6 Å². The van der Waals surface area contributed by atoms with Gasteiger partial charge in [0.1, 0.15) is 11.5 Å². The number of benzene rings is 1. The Balaban J connectivity index is 0.00000261. The number of carbonyl (C=O) groups excluding carboxylic acids is 1. The average Bonchev–Trinajstić information content (AvgIpc) is 3.00. The Morgan fingerprint density at radius 3 is 2.67 bits per heavy atom. The van der Waals surface area contributed by atoms with E-state index in [0.29, 0.717) is 24.1 Å². The van der Waals surface area contributed by atoms with Gasteiger partial charge in [-0.15, -0.1) is 12.4 Å². The van der Waals surface area contributed by atoms with Gasteiger partial charge in [-0.1, -0.05) is 12.1 Å². The fraction of sp³-hybridized carbons (Fsp3) is 0.412. The molecule has 1 amide bonds. The maximum Gasteiger partial charge on any atom is 0.434 e. The molecule has 1 aliphatic heterocycles. The number of para-hydroxylation sites is 1. The number of hydrogen-bond acceptors (Lipinski definition) is 3. The van der Waals surface area contributed by atoms with Crippen molar-refractivity contribution in [2.75, 3.05) is 6.54 Å². The van der Waals surface area contributed by atoms with Crippen molar-refractivity contribution in [2.24, 2.45) is 0 Å². The number of aromatic nitrogens is 2. The van der Waals surface area contributed by atoms with E-state index in [1.807, 2.05) is 6.92 Å². The molecule has 27 heavy (non-hydrogen) atoms. The Bertz CT molecular complexity index is 808. The highest BCUT2D eigenvalue weighted by molar-refractivity contribution is 5.95. The van der Waals surface area contributed by atoms with E-state index >= 15 is 0 Å². The highest BCUT2D eigenvalue weighted by atomic mass is 35.5. The molecule has 10 heteroatoms. The standard InChI is InChI=1S/C17H18F4N4O.ClH/c1-10-8-11(6-7-22-10)24-16(26)12-9-23-25(15(12)17(19,20)21)14-5-3-2-4-13(14)18;/h2-5,9-11,22H,6-8H2,1H3,(H,24,26);1H. The Hall–Kier alpha value is -2.13.